The fraction of sp³-hybridized carbons (Fsp3) is 0.345. The van der Waals surface area contributed by atoms with Gasteiger partial charge in [-0.3, -0.25) is 10.1 Å². The first-order valence-corrected chi connectivity index (χ1v) is 11.9. The molecular weight excluding hydrogens is 456 g/mol. The molecule has 3 aromatic carbocycles. The van der Waals surface area contributed by atoms with Crippen LogP contribution in [-0.4, -0.2) is 50.3 Å². The van der Waals surface area contributed by atoms with Gasteiger partial charge in [0.2, 0.25) is 5.91 Å². The van der Waals surface area contributed by atoms with Crippen LogP contribution in [0.1, 0.15) is 38.3 Å². The van der Waals surface area contributed by atoms with Crippen LogP contribution in [0.2, 0.25) is 0 Å². The normalized spacial score (nSPS) is 11.2. The first-order valence-electron chi connectivity index (χ1n) is 11.9. The zero-order chi connectivity index (χ0) is 26.3. The van der Waals surface area contributed by atoms with Crippen molar-refractivity contribution in [2.75, 3.05) is 33.1 Å². The molecule has 0 atom stereocenters. The van der Waals surface area contributed by atoms with Crippen LogP contribution in [0.5, 0.6) is 11.5 Å². The second kappa shape index (κ2) is 11.8. The van der Waals surface area contributed by atoms with Gasteiger partial charge < -0.3 is 19.1 Å². The molecule has 7 nitrogen and oxygen atoms in total. The number of amides is 2. The smallest absolute Gasteiger partial charge is 0.412 e. The standard InChI is InChI=1S/C29H35N2O5/c1-29(2,3)36-28(33)30-24-13-12-22-16-20(9-11-23(22)19-24)8-7-15-31(4)27(32)18-21-10-14-25(34-5)26(17-21)35-6/h8-14,16-17,19H,7,15,18H2,1-6H3,(H,30,33). The molecule has 0 heterocycles. The Bertz CT molecular complexity index is 1220. The molecule has 0 fully saturated rings. The van der Waals surface area contributed by atoms with Crippen LogP contribution in [0, 0.1) is 6.42 Å². The molecule has 0 aliphatic rings. The number of nitrogens with zero attached hydrogens (tertiary/aromatic N) is 1. The Labute approximate surface area is 213 Å². The second-order valence-corrected chi connectivity index (χ2v) is 9.62. The van der Waals surface area contributed by atoms with Crippen molar-refractivity contribution in [2.24, 2.45) is 0 Å². The number of hydrogen-bond acceptors (Lipinski definition) is 5. The van der Waals surface area contributed by atoms with Crippen LogP contribution in [0.15, 0.2) is 54.6 Å². The molecule has 3 aromatic rings. The number of likely N-dealkylation sites (N-methyl/N-ethyl adjacent to an activating group) is 1. The summed E-state index contributed by atoms with van der Waals surface area (Å²) in [7, 11) is 4.98. The van der Waals surface area contributed by atoms with Gasteiger partial charge in [0.15, 0.2) is 11.5 Å². The number of carbonyl (C=O) groups excluding carboxylic acids is 2. The summed E-state index contributed by atoms with van der Waals surface area (Å²) >= 11 is 0. The lowest BCUT2D eigenvalue weighted by Crippen LogP contribution is -2.29. The molecule has 1 radical (unpaired) electrons. The summed E-state index contributed by atoms with van der Waals surface area (Å²) in [5, 5.41) is 4.85. The Morgan fingerprint density at radius 3 is 2.31 bits per heavy atom. The zero-order valence-corrected chi connectivity index (χ0v) is 21.9. The molecule has 0 bridgehead atoms. The second-order valence-electron chi connectivity index (χ2n) is 9.62. The van der Waals surface area contributed by atoms with Gasteiger partial charge in [0.25, 0.3) is 0 Å². The molecule has 191 valence electrons. The van der Waals surface area contributed by atoms with Gasteiger partial charge in [-0.25, -0.2) is 4.79 Å². The molecule has 0 spiro atoms. The molecule has 0 aliphatic carbocycles. The number of carbonyl (C=O) groups is 2. The van der Waals surface area contributed by atoms with Crippen molar-refractivity contribution in [3.05, 3.63) is 72.1 Å². The van der Waals surface area contributed by atoms with E-state index in [1.807, 2.05) is 76.3 Å². The van der Waals surface area contributed by atoms with Gasteiger partial charge in [-0.05, 0) is 79.8 Å². The number of fused-ring (bicyclic) bond motifs is 1. The van der Waals surface area contributed by atoms with Gasteiger partial charge in [-0.2, -0.15) is 0 Å². The summed E-state index contributed by atoms with van der Waals surface area (Å²) in [6.07, 6.45) is 2.67. The number of benzene rings is 3. The van der Waals surface area contributed by atoms with Crippen molar-refractivity contribution in [1.29, 1.82) is 0 Å². The highest BCUT2D eigenvalue weighted by molar-refractivity contribution is 5.91. The van der Waals surface area contributed by atoms with Crippen molar-refractivity contribution in [3.63, 3.8) is 0 Å². The third kappa shape index (κ3) is 7.63. The Hall–Kier alpha value is -3.74. The zero-order valence-electron chi connectivity index (χ0n) is 21.9. The highest BCUT2D eigenvalue weighted by Gasteiger charge is 2.16. The van der Waals surface area contributed by atoms with E-state index in [1.54, 1.807) is 19.1 Å². The maximum Gasteiger partial charge on any atom is 0.412 e. The predicted molar refractivity (Wildman–Crippen MR) is 143 cm³/mol. The monoisotopic (exact) mass is 491 g/mol. The van der Waals surface area contributed by atoms with Crippen LogP contribution in [0.25, 0.3) is 10.8 Å². The average Bonchev–Trinajstić information content (AvgIpc) is 2.82. The van der Waals surface area contributed by atoms with E-state index in [-0.39, 0.29) is 5.91 Å². The minimum atomic E-state index is -0.548. The molecule has 7 heteroatoms. The number of methoxy groups -OCH3 is 2. The average molecular weight is 492 g/mol. The highest BCUT2D eigenvalue weighted by atomic mass is 16.6. The van der Waals surface area contributed by atoms with Crippen LogP contribution >= 0.6 is 0 Å². The fourth-order valence-corrected chi connectivity index (χ4v) is 3.74. The largest absolute Gasteiger partial charge is 0.493 e. The van der Waals surface area contributed by atoms with Gasteiger partial charge in [-0.15, -0.1) is 0 Å². The molecule has 2 amide bonds. The predicted octanol–water partition coefficient (Wildman–Crippen LogP) is 5.85. The number of rotatable bonds is 9. The number of nitrogens with one attached hydrogen (secondary N) is 1. The maximum absolute atomic E-state index is 12.7. The summed E-state index contributed by atoms with van der Waals surface area (Å²) in [4.78, 5) is 26.4. The number of hydrogen-bond donors (Lipinski definition) is 1. The van der Waals surface area contributed by atoms with Crippen molar-refractivity contribution in [1.82, 2.24) is 4.90 Å². The molecule has 0 aromatic heterocycles. The van der Waals surface area contributed by atoms with Crippen molar-refractivity contribution < 1.29 is 23.8 Å². The van der Waals surface area contributed by atoms with Crippen LogP contribution in [0.4, 0.5) is 10.5 Å². The lowest BCUT2D eigenvalue weighted by molar-refractivity contribution is -0.129. The van der Waals surface area contributed by atoms with Crippen LogP contribution in [0.3, 0.4) is 0 Å². The van der Waals surface area contributed by atoms with Crippen LogP contribution < -0.4 is 14.8 Å². The van der Waals surface area contributed by atoms with E-state index in [0.717, 1.165) is 28.3 Å². The Morgan fingerprint density at radius 2 is 1.61 bits per heavy atom. The number of anilines is 1. The SMILES string of the molecule is COc1ccc(CC(=O)N(C)CC[CH]c2ccc3cc(NC(=O)OC(C)(C)C)ccc3c2)cc1OC. The van der Waals surface area contributed by atoms with Gasteiger partial charge in [0.1, 0.15) is 5.60 Å². The van der Waals surface area contributed by atoms with E-state index >= 15 is 0 Å². The van der Waals surface area contributed by atoms with Crippen molar-refractivity contribution >= 4 is 28.5 Å². The summed E-state index contributed by atoms with van der Waals surface area (Å²) in [5.74, 6) is 1.30. The summed E-state index contributed by atoms with van der Waals surface area (Å²) in [5.41, 5.74) is 2.09. The lowest BCUT2D eigenvalue weighted by Gasteiger charge is -2.19. The molecule has 36 heavy (non-hydrogen) atoms. The minimum absolute atomic E-state index is 0.0409. The first kappa shape index (κ1) is 26.9. The van der Waals surface area contributed by atoms with Crippen molar-refractivity contribution in [2.45, 2.75) is 39.2 Å². The quantitative estimate of drug-likeness (QED) is 0.406. The molecule has 0 aliphatic heterocycles. The van der Waals surface area contributed by atoms with E-state index < -0.39 is 11.7 Å². The highest BCUT2D eigenvalue weighted by Crippen LogP contribution is 2.28. The molecule has 0 unspecified atom stereocenters. The Balaban J connectivity index is 1.52. The molecular formula is C29H35N2O5. The molecule has 3 rings (SSSR count). The number of ether oxygens (including phenoxy) is 3. The third-order valence-corrected chi connectivity index (χ3v) is 5.58. The lowest BCUT2D eigenvalue weighted by atomic mass is 10.0. The maximum atomic E-state index is 12.7. The summed E-state index contributed by atoms with van der Waals surface area (Å²) < 4.78 is 15.9. The van der Waals surface area contributed by atoms with Gasteiger partial charge in [0, 0.05) is 19.3 Å². The first-order chi connectivity index (χ1) is 17.1. The van der Waals surface area contributed by atoms with Gasteiger partial charge in [-0.1, -0.05) is 30.3 Å². The Kier molecular flexibility index (Phi) is 8.80. The fourth-order valence-electron chi connectivity index (χ4n) is 3.74. The van der Waals surface area contributed by atoms with Crippen LogP contribution in [-0.2, 0) is 16.0 Å². The van der Waals surface area contributed by atoms with Gasteiger partial charge >= 0.3 is 6.09 Å². The van der Waals surface area contributed by atoms with Gasteiger partial charge in [0.05, 0.1) is 20.6 Å². The van der Waals surface area contributed by atoms with E-state index in [9.17, 15) is 9.59 Å². The van der Waals surface area contributed by atoms with E-state index in [2.05, 4.69) is 17.8 Å². The Morgan fingerprint density at radius 1 is 0.917 bits per heavy atom. The van der Waals surface area contributed by atoms with E-state index in [1.165, 1.54) is 0 Å². The summed E-state index contributed by atoms with van der Waals surface area (Å²) in [6.45, 7) is 6.11. The van der Waals surface area contributed by atoms with E-state index in [4.69, 9.17) is 14.2 Å². The topological polar surface area (TPSA) is 77.1 Å². The summed E-state index contributed by atoms with van der Waals surface area (Å²) in [6, 6.07) is 17.4. The molecule has 0 saturated carbocycles. The van der Waals surface area contributed by atoms with E-state index in [0.29, 0.717) is 30.2 Å². The molecule has 0 saturated heterocycles. The third-order valence-electron chi connectivity index (χ3n) is 5.58. The van der Waals surface area contributed by atoms with Crippen molar-refractivity contribution in [3.8, 4) is 11.5 Å². The minimum Gasteiger partial charge on any atom is -0.493 e. The molecule has 1 N–H and O–H groups in total.